The molecule has 0 aliphatic carbocycles. The van der Waals surface area contributed by atoms with Crippen LogP contribution < -0.4 is 10.2 Å². The van der Waals surface area contributed by atoms with E-state index in [1.165, 1.54) is 6.07 Å². The Balaban J connectivity index is 2.26. The van der Waals surface area contributed by atoms with Gasteiger partial charge in [0.2, 0.25) is 0 Å². The largest absolute Gasteiger partial charge is 0.369 e. The predicted molar refractivity (Wildman–Crippen MR) is 63.2 cm³/mol. The van der Waals surface area contributed by atoms with Crippen molar-refractivity contribution in [2.24, 2.45) is 0 Å². The summed E-state index contributed by atoms with van der Waals surface area (Å²) in [5.74, 6) is 0.857. The van der Waals surface area contributed by atoms with Crippen molar-refractivity contribution in [2.45, 2.75) is 10.9 Å². The zero-order chi connectivity index (χ0) is 10.8. The maximum Gasteiger partial charge on any atom is 0.124 e. The molecule has 1 aromatic rings. The Morgan fingerprint density at radius 3 is 3.13 bits per heavy atom. The van der Waals surface area contributed by atoms with Gasteiger partial charge in [-0.1, -0.05) is 0 Å². The van der Waals surface area contributed by atoms with Gasteiger partial charge in [0.25, 0.3) is 0 Å². The van der Waals surface area contributed by atoms with Crippen LogP contribution >= 0.6 is 11.8 Å². The Hall–Kier alpha value is -0.740. The van der Waals surface area contributed by atoms with Crippen molar-refractivity contribution in [2.75, 3.05) is 31.3 Å². The molecule has 0 bridgehead atoms. The third-order valence-electron chi connectivity index (χ3n) is 2.72. The first-order valence-corrected chi connectivity index (χ1v) is 6.00. The third-order valence-corrected chi connectivity index (χ3v) is 3.91. The fourth-order valence-corrected chi connectivity index (χ4v) is 3.09. The lowest BCUT2D eigenvalue weighted by Gasteiger charge is -2.35. The monoisotopic (exact) mass is 226 g/mol. The van der Waals surface area contributed by atoms with Gasteiger partial charge in [-0.05, 0) is 25.2 Å². The fourth-order valence-electron chi connectivity index (χ4n) is 1.82. The van der Waals surface area contributed by atoms with E-state index in [1.54, 1.807) is 17.8 Å². The summed E-state index contributed by atoms with van der Waals surface area (Å²) in [6.07, 6.45) is 0. The van der Waals surface area contributed by atoms with Crippen LogP contribution in [0.3, 0.4) is 0 Å². The Bertz CT molecular complexity index is 356. The molecular weight excluding hydrogens is 211 g/mol. The van der Waals surface area contributed by atoms with Crippen molar-refractivity contribution >= 4 is 17.4 Å². The molecule has 0 saturated heterocycles. The van der Waals surface area contributed by atoms with Gasteiger partial charge in [0.05, 0.1) is 11.7 Å². The van der Waals surface area contributed by atoms with Crippen LogP contribution in [0.5, 0.6) is 0 Å². The van der Waals surface area contributed by atoms with Gasteiger partial charge in [0.1, 0.15) is 5.82 Å². The van der Waals surface area contributed by atoms with Crippen LogP contribution in [0.2, 0.25) is 0 Å². The molecule has 82 valence electrons. The van der Waals surface area contributed by atoms with Crippen molar-refractivity contribution < 1.29 is 4.39 Å². The standard InChI is InChI=1S/C11H15FN2S/c1-13-6-9-7-15-11-5-8(12)3-4-10(11)14(9)2/h3-5,9,13H,6-7H2,1-2H3. The molecule has 1 unspecified atom stereocenters. The number of halogens is 1. The van der Waals surface area contributed by atoms with E-state index >= 15 is 0 Å². The number of benzene rings is 1. The maximum absolute atomic E-state index is 13.0. The quantitative estimate of drug-likeness (QED) is 0.830. The van der Waals surface area contributed by atoms with Crippen LogP contribution in [0.15, 0.2) is 23.1 Å². The number of hydrogen-bond acceptors (Lipinski definition) is 3. The van der Waals surface area contributed by atoms with Crippen LogP contribution in [0.4, 0.5) is 10.1 Å². The summed E-state index contributed by atoms with van der Waals surface area (Å²) in [4.78, 5) is 3.27. The summed E-state index contributed by atoms with van der Waals surface area (Å²) in [6, 6.07) is 5.49. The Labute approximate surface area is 93.8 Å². The fraction of sp³-hybridized carbons (Fsp3) is 0.455. The molecule has 0 fully saturated rings. The summed E-state index contributed by atoms with van der Waals surface area (Å²) in [7, 11) is 4.02. The number of anilines is 1. The van der Waals surface area contributed by atoms with E-state index in [0.29, 0.717) is 6.04 Å². The van der Waals surface area contributed by atoms with Crippen LogP contribution in [-0.2, 0) is 0 Å². The lowest BCUT2D eigenvalue weighted by atomic mass is 10.2. The van der Waals surface area contributed by atoms with Crippen molar-refractivity contribution in [1.29, 1.82) is 0 Å². The Kier molecular flexibility index (Phi) is 3.17. The minimum Gasteiger partial charge on any atom is -0.369 e. The van der Waals surface area contributed by atoms with Gasteiger partial charge in [0, 0.05) is 24.2 Å². The lowest BCUT2D eigenvalue weighted by molar-refractivity contribution is 0.612. The number of likely N-dealkylation sites (N-methyl/N-ethyl adjacent to an activating group) is 2. The number of hydrogen-bond donors (Lipinski definition) is 1. The summed E-state index contributed by atoms with van der Waals surface area (Å²) in [6.45, 7) is 0.959. The lowest BCUT2D eigenvalue weighted by Crippen LogP contribution is -2.43. The first-order valence-electron chi connectivity index (χ1n) is 5.02. The van der Waals surface area contributed by atoms with E-state index in [2.05, 4.69) is 17.3 Å². The van der Waals surface area contributed by atoms with Crippen molar-refractivity contribution in [3.63, 3.8) is 0 Å². The Morgan fingerprint density at radius 1 is 1.60 bits per heavy atom. The molecule has 1 aromatic carbocycles. The molecule has 1 heterocycles. The van der Waals surface area contributed by atoms with E-state index in [0.717, 1.165) is 22.9 Å². The van der Waals surface area contributed by atoms with Gasteiger partial charge in [-0.15, -0.1) is 11.8 Å². The number of nitrogens with zero attached hydrogens (tertiary/aromatic N) is 1. The summed E-state index contributed by atoms with van der Waals surface area (Å²) < 4.78 is 13.0. The first-order chi connectivity index (χ1) is 7.22. The molecule has 0 spiro atoms. The molecule has 0 radical (unpaired) electrons. The smallest absolute Gasteiger partial charge is 0.124 e. The van der Waals surface area contributed by atoms with E-state index in [1.807, 2.05) is 13.1 Å². The predicted octanol–water partition coefficient (Wildman–Crippen LogP) is 1.96. The molecule has 2 rings (SSSR count). The number of rotatable bonds is 2. The third kappa shape index (κ3) is 2.11. The highest BCUT2D eigenvalue weighted by Gasteiger charge is 2.23. The molecule has 1 aliphatic rings. The second-order valence-corrected chi connectivity index (χ2v) is 4.81. The van der Waals surface area contributed by atoms with E-state index in [-0.39, 0.29) is 5.82 Å². The van der Waals surface area contributed by atoms with Crippen LogP contribution in [0.25, 0.3) is 0 Å². The highest BCUT2D eigenvalue weighted by Crippen LogP contribution is 2.36. The highest BCUT2D eigenvalue weighted by atomic mass is 32.2. The van der Waals surface area contributed by atoms with Crippen LogP contribution in [0.1, 0.15) is 0 Å². The topological polar surface area (TPSA) is 15.3 Å². The average molecular weight is 226 g/mol. The van der Waals surface area contributed by atoms with Gasteiger partial charge < -0.3 is 10.2 Å². The molecule has 1 aliphatic heterocycles. The molecule has 1 atom stereocenters. The van der Waals surface area contributed by atoms with Crippen molar-refractivity contribution in [1.82, 2.24) is 5.32 Å². The number of thioether (sulfide) groups is 1. The maximum atomic E-state index is 13.0. The molecule has 2 nitrogen and oxygen atoms in total. The minimum atomic E-state index is -0.151. The molecule has 1 N–H and O–H groups in total. The molecule has 0 amide bonds. The zero-order valence-corrected chi connectivity index (χ0v) is 9.77. The van der Waals surface area contributed by atoms with E-state index in [4.69, 9.17) is 0 Å². The van der Waals surface area contributed by atoms with E-state index < -0.39 is 0 Å². The van der Waals surface area contributed by atoms with Crippen molar-refractivity contribution in [3.8, 4) is 0 Å². The zero-order valence-electron chi connectivity index (χ0n) is 8.96. The molecular formula is C11H15FN2S. The molecule has 0 saturated carbocycles. The van der Waals surface area contributed by atoms with Crippen LogP contribution in [0, 0.1) is 5.82 Å². The number of fused-ring (bicyclic) bond motifs is 1. The SMILES string of the molecule is CNCC1CSc2cc(F)ccc2N1C. The van der Waals surface area contributed by atoms with Gasteiger partial charge >= 0.3 is 0 Å². The number of nitrogens with one attached hydrogen (secondary N) is 1. The summed E-state index contributed by atoms with van der Waals surface area (Å²) in [5.41, 5.74) is 1.13. The van der Waals surface area contributed by atoms with Gasteiger partial charge in [-0.25, -0.2) is 4.39 Å². The Morgan fingerprint density at radius 2 is 2.40 bits per heavy atom. The molecule has 4 heteroatoms. The van der Waals surface area contributed by atoms with E-state index in [9.17, 15) is 4.39 Å². The van der Waals surface area contributed by atoms with Gasteiger partial charge in [-0.2, -0.15) is 0 Å². The van der Waals surface area contributed by atoms with Crippen LogP contribution in [-0.4, -0.2) is 32.4 Å². The second-order valence-electron chi connectivity index (χ2n) is 3.75. The summed E-state index contributed by atoms with van der Waals surface area (Å²) in [5, 5.41) is 3.18. The normalized spacial score (nSPS) is 20.2. The second kappa shape index (κ2) is 4.41. The molecule has 0 aromatic heterocycles. The first kappa shape index (κ1) is 10.8. The average Bonchev–Trinajstić information content (AvgIpc) is 2.22. The summed E-state index contributed by atoms with van der Waals surface area (Å²) >= 11 is 1.73. The van der Waals surface area contributed by atoms with Gasteiger partial charge in [-0.3, -0.25) is 0 Å². The van der Waals surface area contributed by atoms with Gasteiger partial charge in [0.15, 0.2) is 0 Å². The highest BCUT2D eigenvalue weighted by molar-refractivity contribution is 7.99. The molecule has 15 heavy (non-hydrogen) atoms. The minimum absolute atomic E-state index is 0.151. The van der Waals surface area contributed by atoms with Crippen molar-refractivity contribution in [3.05, 3.63) is 24.0 Å².